The zero-order valence-corrected chi connectivity index (χ0v) is 19.2. The summed E-state index contributed by atoms with van der Waals surface area (Å²) in [5.41, 5.74) is 3.45. The first-order valence-corrected chi connectivity index (χ1v) is 11.1. The maximum Gasteiger partial charge on any atom is 0.174 e. The predicted octanol–water partition coefficient (Wildman–Crippen LogP) is 5.85. The van der Waals surface area contributed by atoms with Crippen molar-refractivity contribution in [1.29, 1.82) is 0 Å². The van der Waals surface area contributed by atoms with Crippen molar-refractivity contribution in [2.24, 2.45) is 0 Å². The topological polar surface area (TPSA) is 42.3 Å². The Morgan fingerprint density at radius 3 is 2.67 bits per heavy atom. The zero-order chi connectivity index (χ0) is 22.9. The van der Waals surface area contributed by atoms with Crippen LogP contribution in [0.25, 0.3) is 5.69 Å². The van der Waals surface area contributed by atoms with E-state index in [1.165, 1.54) is 6.07 Å². The molecule has 1 saturated heterocycles. The molecule has 0 saturated carbocycles. The molecule has 0 amide bonds. The van der Waals surface area contributed by atoms with E-state index in [2.05, 4.69) is 15.2 Å². The molecular weight excluding hydrogens is 459 g/mol. The van der Waals surface area contributed by atoms with Gasteiger partial charge in [-0.3, -0.25) is 4.98 Å². The Balaban J connectivity index is 1.67. The maximum atomic E-state index is 13.8. The van der Waals surface area contributed by atoms with Crippen LogP contribution in [0, 0.1) is 5.82 Å². The molecule has 0 aliphatic carbocycles. The monoisotopic (exact) mass is 478 g/mol. The number of nitrogens with zero attached hydrogens (tertiary/aromatic N) is 3. The molecule has 4 aromatic rings. The molecule has 2 atom stereocenters. The highest BCUT2D eigenvalue weighted by atomic mass is 35.5. The van der Waals surface area contributed by atoms with Gasteiger partial charge in [0.25, 0.3) is 0 Å². The lowest BCUT2D eigenvalue weighted by Gasteiger charge is -2.29. The van der Waals surface area contributed by atoms with Crippen LogP contribution < -0.4 is 15.0 Å². The molecule has 1 N–H and O–H groups in total. The molecule has 3 heterocycles. The molecule has 0 radical (unpaired) electrons. The van der Waals surface area contributed by atoms with E-state index in [0.717, 1.165) is 28.5 Å². The summed E-state index contributed by atoms with van der Waals surface area (Å²) < 4.78 is 21.3. The zero-order valence-electron chi connectivity index (χ0n) is 17.7. The van der Waals surface area contributed by atoms with Gasteiger partial charge in [0.2, 0.25) is 0 Å². The Bertz CT molecular complexity index is 1310. The van der Waals surface area contributed by atoms with Crippen LogP contribution in [0.15, 0.2) is 85.2 Å². The van der Waals surface area contributed by atoms with Crippen molar-refractivity contribution in [2.75, 3.05) is 12.0 Å². The summed E-state index contributed by atoms with van der Waals surface area (Å²) in [5.74, 6) is 0.276. The number of methoxy groups -OCH3 is 1. The average molecular weight is 479 g/mol. The second kappa shape index (κ2) is 8.84. The summed E-state index contributed by atoms with van der Waals surface area (Å²) >= 11 is 11.9. The highest BCUT2D eigenvalue weighted by Crippen LogP contribution is 2.43. The largest absolute Gasteiger partial charge is 0.497 e. The highest BCUT2D eigenvalue weighted by molar-refractivity contribution is 7.80. The first-order valence-electron chi connectivity index (χ1n) is 10.3. The summed E-state index contributed by atoms with van der Waals surface area (Å²) in [6.45, 7) is 0. The van der Waals surface area contributed by atoms with Crippen molar-refractivity contribution in [3.8, 4) is 11.4 Å². The predicted molar refractivity (Wildman–Crippen MR) is 132 cm³/mol. The Kier molecular flexibility index (Phi) is 5.74. The molecule has 1 aliphatic heterocycles. The molecule has 5 nitrogen and oxygen atoms in total. The minimum Gasteiger partial charge on any atom is -0.497 e. The van der Waals surface area contributed by atoms with Crippen LogP contribution >= 0.6 is 23.8 Å². The molecule has 2 aromatic heterocycles. The lowest BCUT2D eigenvalue weighted by Crippen LogP contribution is -2.30. The Labute approximate surface area is 201 Å². The molecule has 8 heteroatoms. The fourth-order valence-corrected chi connectivity index (χ4v) is 4.72. The normalized spacial score (nSPS) is 17.8. The summed E-state index contributed by atoms with van der Waals surface area (Å²) in [6, 6.07) is 21.8. The number of pyridine rings is 1. The van der Waals surface area contributed by atoms with E-state index in [0.29, 0.717) is 5.11 Å². The van der Waals surface area contributed by atoms with Gasteiger partial charge in [-0.15, -0.1) is 0 Å². The van der Waals surface area contributed by atoms with E-state index >= 15 is 0 Å². The minimum absolute atomic E-state index is 0.0677. The van der Waals surface area contributed by atoms with Crippen LogP contribution in [0.1, 0.15) is 23.5 Å². The molecule has 0 spiro atoms. The lowest BCUT2D eigenvalue weighted by molar-refractivity contribution is 0.414. The number of benzene rings is 2. The lowest BCUT2D eigenvalue weighted by atomic mass is 10.0. The number of anilines is 1. The van der Waals surface area contributed by atoms with Crippen LogP contribution in [0.5, 0.6) is 5.75 Å². The molecule has 0 bridgehead atoms. The number of aromatic nitrogens is 2. The van der Waals surface area contributed by atoms with Crippen LogP contribution in [-0.2, 0) is 0 Å². The molecule has 1 fully saturated rings. The summed E-state index contributed by atoms with van der Waals surface area (Å²) in [5, 5.41) is 4.09. The van der Waals surface area contributed by atoms with Crippen molar-refractivity contribution >= 4 is 34.6 Å². The smallest absolute Gasteiger partial charge is 0.174 e. The SMILES string of the molecule is COc1cccc(N2C(=S)N[C@@H](c3ccccn3)[C@H]2c2cccn2-c2ccc(F)c(Cl)c2)c1. The third-order valence-corrected chi connectivity index (χ3v) is 6.30. The number of ether oxygens (including phenoxy) is 1. The van der Waals surface area contributed by atoms with Gasteiger partial charge in [-0.2, -0.15) is 0 Å². The molecule has 2 aromatic carbocycles. The first-order chi connectivity index (χ1) is 16.1. The number of thiocarbonyl (C=S) groups is 1. The second-order valence-corrected chi connectivity index (χ2v) is 8.39. The second-order valence-electron chi connectivity index (χ2n) is 7.60. The van der Waals surface area contributed by atoms with Gasteiger partial charge < -0.3 is 19.5 Å². The first kappa shape index (κ1) is 21.4. The quantitative estimate of drug-likeness (QED) is 0.364. The van der Waals surface area contributed by atoms with Crippen molar-refractivity contribution in [1.82, 2.24) is 14.9 Å². The molecule has 33 heavy (non-hydrogen) atoms. The summed E-state index contributed by atoms with van der Waals surface area (Å²) in [7, 11) is 1.64. The highest BCUT2D eigenvalue weighted by Gasteiger charge is 2.42. The third-order valence-electron chi connectivity index (χ3n) is 5.69. The third kappa shape index (κ3) is 3.94. The van der Waals surface area contributed by atoms with Gasteiger partial charge in [0.05, 0.1) is 23.9 Å². The number of nitrogens with one attached hydrogen (secondary N) is 1. The van der Waals surface area contributed by atoms with Crippen LogP contribution in [0.2, 0.25) is 5.02 Å². The Morgan fingerprint density at radius 1 is 1.03 bits per heavy atom. The van der Waals surface area contributed by atoms with E-state index < -0.39 is 5.82 Å². The minimum atomic E-state index is -0.456. The Hall–Kier alpha value is -3.42. The fourth-order valence-electron chi connectivity index (χ4n) is 4.20. The van der Waals surface area contributed by atoms with E-state index in [1.807, 2.05) is 65.4 Å². The molecular formula is C25H20ClFN4OS. The van der Waals surface area contributed by atoms with Crippen molar-refractivity contribution in [3.05, 3.63) is 107 Å². The fraction of sp³-hybridized carbons (Fsp3) is 0.120. The molecule has 0 unspecified atom stereocenters. The number of halogens is 2. The van der Waals surface area contributed by atoms with Gasteiger partial charge >= 0.3 is 0 Å². The summed E-state index contributed by atoms with van der Waals surface area (Å²) in [6.07, 6.45) is 3.70. The number of hydrogen-bond donors (Lipinski definition) is 1. The van der Waals surface area contributed by atoms with E-state index in [-0.39, 0.29) is 17.1 Å². The van der Waals surface area contributed by atoms with Crippen LogP contribution in [-0.4, -0.2) is 21.8 Å². The van der Waals surface area contributed by atoms with Crippen molar-refractivity contribution in [2.45, 2.75) is 12.1 Å². The van der Waals surface area contributed by atoms with E-state index in [4.69, 9.17) is 28.6 Å². The number of hydrogen-bond acceptors (Lipinski definition) is 3. The van der Waals surface area contributed by atoms with E-state index in [1.54, 1.807) is 25.4 Å². The summed E-state index contributed by atoms with van der Waals surface area (Å²) in [4.78, 5) is 6.66. The van der Waals surface area contributed by atoms with Gasteiger partial charge in [-0.05, 0) is 66.8 Å². The van der Waals surface area contributed by atoms with E-state index in [9.17, 15) is 4.39 Å². The molecule has 166 valence electrons. The van der Waals surface area contributed by atoms with Crippen LogP contribution in [0.3, 0.4) is 0 Å². The number of rotatable bonds is 5. The maximum absolute atomic E-state index is 13.8. The van der Waals surface area contributed by atoms with Crippen LogP contribution in [0.4, 0.5) is 10.1 Å². The van der Waals surface area contributed by atoms with Crippen molar-refractivity contribution in [3.63, 3.8) is 0 Å². The molecule has 1 aliphatic rings. The van der Waals surface area contributed by atoms with Crippen molar-refractivity contribution < 1.29 is 9.13 Å². The Morgan fingerprint density at radius 2 is 1.91 bits per heavy atom. The van der Waals surface area contributed by atoms with Gasteiger partial charge in [0.1, 0.15) is 17.6 Å². The van der Waals surface area contributed by atoms with Gasteiger partial charge in [-0.1, -0.05) is 23.7 Å². The van der Waals surface area contributed by atoms with Gasteiger partial charge in [-0.25, -0.2) is 4.39 Å². The van der Waals surface area contributed by atoms with Gasteiger partial charge in [0, 0.05) is 35.5 Å². The molecule has 5 rings (SSSR count). The van der Waals surface area contributed by atoms with Gasteiger partial charge in [0.15, 0.2) is 5.11 Å². The average Bonchev–Trinajstić information content (AvgIpc) is 3.45. The standard InChI is InChI=1S/C25H20ClFN4OS/c1-32-18-7-4-6-17(14-18)31-24(23(29-25(31)33)21-8-2-3-12-28-21)22-9-5-13-30(22)16-10-11-20(27)19(26)15-16/h2-15,23-24H,1H3,(H,29,33)/t23-,24+/m0/s1.